The predicted octanol–water partition coefficient (Wildman–Crippen LogP) is 2.27. The highest BCUT2D eigenvalue weighted by Crippen LogP contribution is 2.10. The minimum Gasteiger partial charge on any atom is -0.326 e. The second-order valence-electron chi connectivity index (χ2n) is 2.47. The van der Waals surface area contributed by atoms with E-state index in [-0.39, 0.29) is 18.2 Å². The van der Waals surface area contributed by atoms with E-state index in [0.29, 0.717) is 6.54 Å². The van der Waals surface area contributed by atoms with E-state index < -0.39 is 0 Å². The Labute approximate surface area is 78.2 Å². The van der Waals surface area contributed by atoms with Crippen LogP contribution in [0.3, 0.4) is 0 Å². The highest BCUT2D eigenvalue weighted by atomic mass is 35.5. The molecule has 0 fully saturated rings. The van der Waals surface area contributed by atoms with Gasteiger partial charge in [0.2, 0.25) is 0 Å². The average molecular weight is 190 g/mol. The van der Waals surface area contributed by atoms with Gasteiger partial charge in [-0.25, -0.2) is 4.39 Å². The topological polar surface area (TPSA) is 26.0 Å². The molecule has 1 rings (SSSR count). The number of nitrogens with two attached hydrogens (primary N) is 1. The summed E-state index contributed by atoms with van der Waals surface area (Å²) in [5.41, 5.74) is 7.47. The van der Waals surface area contributed by atoms with Crippen LogP contribution in [-0.2, 0) is 13.0 Å². The van der Waals surface area contributed by atoms with Gasteiger partial charge in [-0.3, -0.25) is 0 Å². The summed E-state index contributed by atoms with van der Waals surface area (Å²) < 4.78 is 12.6. The van der Waals surface area contributed by atoms with E-state index in [4.69, 9.17) is 5.73 Å². The van der Waals surface area contributed by atoms with Gasteiger partial charge in [0.25, 0.3) is 0 Å². The molecule has 68 valence electrons. The fraction of sp³-hybridized carbons (Fsp3) is 0.333. The quantitative estimate of drug-likeness (QED) is 0.759. The van der Waals surface area contributed by atoms with Crippen molar-refractivity contribution >= 4 is 12.4 Å². The van der Waals surface area contributed by atoms with Crippen LogP contribution < -0.4 is 5.73 Å². The standard InChI is InChI=1S/C9H12FN.ClH/c1-2-7-3-4-9(10)5-8(7)6-11;/h3-5H,2,6,11H2,1H3;1H. The summed E-state index contributed by atoms with van der Waals surface area (Å²) in [6, 6.07) is 4.76. The lowest BCUT2D eigenvalue weighted by Crippen LogP contribution is -2.01. The Kier molecular flexibility index (Phi) is 4.86. The van der Waals surface area contributed by atoms with Crippen LogP contribution in [0.2, 0.25) is 0 Å². The summed E-state index contributed by atoms with van der Waals surface area (Å²) in [6.45, 7) is 2.45. The second-order valence-corrected chi connectivity index (χ2v) is 2.47. The molecule has 0 spiro atoms. The van der Waals surface area contributed by atoms with Crippen LogP contribution in [0.15, 0.2) is 18.2 Å². The minimum atomic E-state index is -0.206. The number of hydrogen-bond donors (Lipinski definition) is 1. The van der Waals surface area contributed by atoms with Crippen molar-refractivity contribution in [3.63, 3.8) is 0 Å². The molecular formula is C9H13ClFN. The van der Waals surface area contributed by atoms with Crippen molar-refractivity contribution in [1.82, 2.24) is 0 Å². The summed E-state index contributed by atoms with van der Waals surface area (Å²) in [6.07, 6.45) is 0.910. The van der Waals surface area contributed by atoms with Crippen molar-refractivity contribution in [2.24, 2.45) is 5.73 Å². The van der Waals surface area contributed by atoms with Gasteiger partial charge in [0.15, 0.2) is 0 Å². The summed E-state index contributed by atoms with van der Waals surface area (Å²) in [7, 11) is 0. The monoisotopic (exact) mass is 189 g/mol. The Morgan fingerprint density at radius 2 is 2.00 bits per heavy atom. The number of rotatable bonds is 2. The summed E-state index contributed by atoms with van der Waals surface area (Å²) in [5.74, 6) is -0.206. The maximum atomic E-state index is 12.6. The molecular weight excluding hydrogens is 177 g/mol. The van der Waals surface area contributed by atoms with Crippen molar-refractivity contribution in [2.75, 3.05) is 0 Å². The third-order valence-electron chi connectivity index (χ3n) is 1.77. The predicted molar refractivity (Wildman–Crippen MR) is 50.9 cm³/mol. The van der Waals surface area contributed by atoms with Gasteiger partial charge in [-0.2, -0.15) is 0 Å². The Morgan fingerprint density at radius 1 is 1.33 bits per heavy atom. The van der Waals surface area contributed by atoms with Crippen molar-refractivity contribution in [3.8, 4) is 0 Å². The zero-order valence-electron chi connectivity index (χ0n) is 7.01. The van der Waals surface area contributed by atoms with E-state index in [1.165, 1.54) is 12.1 Å². The molecule has 3 heteroatoms. The molecule has 0 heterocycles. The van der Waals surface area contributed by atoms with Gasteiger partial charge < -0.3 is 5.73 Å². The number of hydrogen-bond acceptors (Lipinski definition) is 1. The molecule has 0 atom stereocenters. The Morgan fingerprint density at radius 3 is 2.50 bits per heavy atom. The van der Waals surface area contributed by atoms with Crippen molar-refractivity contribution in [3.05, 3.63) is 35.1 Å². The first-order chi connectivity index (χ1) is 5.27. The maximum absolute atomic E-state index is 12.6. The van der Waals surface area contributed by atoms with Gasteiger partial charge >= 0.3 is 0 Å². The number of halogens is 2. The van der Waals surface area contributed by atoms with Crippen LogP contribution in [0.4, 0.5) is 4.39 Å². The first kappa shape index (κ1) is 11.4. The van der Waals surface area contributed by atoms with E-state index in [1.54, 1.807) is 6.07 Å². The average Bonchev–Trinajstić information content (AvgIpc) is 2.04. The molecule has 0 aliphatic heterocycles. The number of benzene rings is 1. The molecule has 2 N–H and O–H groups in total. The smallest absolute Gasteiger partial charge is 0.123 e. The Balaban J connectivity index is 0.00000121. The van der Waals surface area contributed by atoms with E-state index in [1.807, 2.05) is 6.92 Å². The van der Waals surface area contributed by atoms with Gasteiger partial charge in [-0.1, -0.05) is 13.0 Å². The lowest BCUT2D eigenvalue weighted by Gasteiger charge is -2.03. The third kappa shape index (κ3) is 2.47. The van der Waals surface area contributed by atoms with Crippen LogP contribution in [0.1, 0.15) is 18.1 Å². The van der Waals surface area contributed by atoms with Crippen LogP contribution in [0.25, 0.3) is 0 Å². The SMILES string of the molecule is CCc1ccc(F)cc1CN.Cl. The fourth-order valence-electron chi connectivity index (χ4n) is 1.13. The molecule has 1 aromatic carbocycles. The van der Waals surface area contributed by atoms with E-state index in [2.05, 4.69) is 0 Å². The Hall–Kier alpha value is -0.600. The third-order valence-corrected chi connectivity index (χ3v) is 1.77. The molecule has 12 heavy (non-hydrogen) atoms. The normalized spacial score (nSPS) is 9.25. The zero-order valence-corrected chi connectivity index (χ0v) is 7.83. The fourth-order valence-corrected chi connectivity index (χ4v) is 1.13. The van der Waals surface area contributed by atoms with E-state index in [9.17, 15) is 4.39 Å². The van der Waals surface area contributed by atoms with Crippen molar-refractivity contribution < 1.29 is 4.39 Å². The second kappa shape index (κ2) is 5.12. The van der Waals surface area contributed by atoms with E-state index >= 15 is 0 Å². The van der Waals surface area contributed by atoms with Gasteiger partial charge in [0.1, 0.15) is 5.82 Å². The first-order valence-electron chi connectivity index (χ1n) is 3.75. The molecule has 0 saturated carbocycles. The maximum Gasteiger partial charge on any atom is 0.123 e. The van der Waals surface area contributed by atoms with Crippen molar-refractivity contribution in [2.45, 2.75) is 19.9 Å². The van der Waals surface area contributed by atoms with E-state index in [0.717, 1.165) is 17.5 Å². The molecule has 0 unspecified atom stereocenters. The molecule has 0 aromatic heterocycles. The Bertz CT molecular complexity index is 250. The van der Waals surface area contributed by atoms with Gasteiger partial charge in [0.05, 0.1) is 0 Å². The van der Waals surface area contributed by atoms with Crippen LogP contribution >= 0.6 is 12.4 Å². The minimum absolute atomic E-state index is 0. The van der Waals surface area contributed by atoms with Gasteiger partial charge in [-0.05, 0) is 29.7 Å². The van der Waals surface area contributed by atoms with Crippen LogP contribution in [0, 0.1) is 5.82 Å². The summed E-state index contributed by atoms with van der Waals surface area (Å²) >= 11 is 0. The molecule has 0 saturated heterocycles. The lowest BCUT2D eigenvalue weighted by molar-refractivity contribution is 0.624. The summed E-state index contributed by atoms with van der Waals surface area (Å²) in [4.78, 5) is 0. The largest absolute Gasteiger partial charge is 0.326 e. The molecule has 0 aliphatic rings. The van der Waals surface area contributed by atoms with Gasteiger partial charge in [0, 0.05) is 6.54 Å². The molecule has 1 aromatic rings. The first-order valence-corrected chi connectivity index (χ1v) is 3.75. The lowest BCUT2D eigenvalue weighted by atomic mass is 10.1. The van der Waals surface area contributed by atoms with Crippen molar-refractivity contribution in [1.29, 1.82) is 0 Å². The highest BCUT2D eigenvalue weighted by molar-refractivity contribution is 5.85. The van der Waals surface area contributed by atoms with Crippen LogP contribution in [-0.4, -0.2) is 0 Å². The molecule has 1 nitrogen and oxygen atoms in total. The highest BCUT2D eigenvalue weighted by Gasteiger charge is 1.99. The molecule has 0 amide bonds. The van der Waals surface area contributed by atoms with Crippen LogP contribution in [0.5, 0.6) is 0 Å². The summed E-state index contributed by atoms with van der Waals surface area (Å²) in [5, 5.41) is 0. The number of aryl methyl sites for hydroxylation is 1. The zero-order chi connectivity index (χ0) is 8.27. The van der Waals surface area contributed by atoms with Gasteiger partial charge in [-0.15, -0.1) is 12.4 Å². The molecule has 0 bridgehead atoms. The molecule has 0 radical (unpaired) electrons. The molecule has 0 aliphatic carbocycles.